The van der Waals surface area contributed by atoms with E-state index in [-0.39, 0.29) is 6.61 Å². The Bertz CT molecular complexity index is 458. The average molecular weight is 331 g/mol. The van der Waals surface area contributed by atoms with Crippen molar-refractivity contribution in [1.82, 2.24) is 0 Å². The van der Waals surface area contributed by atoms with Crippen LogP contribution < -0.4 is 4.74 Å². The minimum Gasteiger partial charge on any atom is -0.482 e. The van der Waals surface area contributed by atoms with Crippen molar-refractivity contribution in [1.29, 1.82) is 0 Å². The molecule has 0 aromatic heterocycles. The smallest absolute Gasteiger partial charge is 0.344 e. The zero-order chi connectivity index (χ0) is 14.3. The third-order valence-corrected chi connectivity index (χ3v) is 2.89. The second-order valence-corrected chi connectivity index (χ2v) is 4.10. The van der Waals surface area contributed by atoms with E-state index < -0.39 is 11.9 Å². The molecule has 104 valence electrons. The molecule has 6 heteroatoms. The molecule has 0 bridgehead atoms. The van der Waals surface area contributed by atoms with Crippen molar-refractivity contribution in [2.24, 2.45) is 0 Å². The molecule has 0 heterocycles. The molecule has 0 radical (unpaired) electrons. The van der Waals surface area contributed by atoms with Gasteiger partial charge in [0.05, 0.1) is 19.3 Å². The maximum absolute atomic E-state index is 11.5. The second-order valence-electron chi connectivity index (χ2n) is 3.54. The van der Waals surface area contributed by atoms with Crippen molar-refractivity contribution in [3.8, 4) is 5.75 Å². The minimum absolute atomic E-state index is 0.160. The van der Waals surface area contributed by atoms with Crippen LogP contribution in [0.25, 0.3) is 0 Å². The summed E-state index contributed by atoms with van der Waals surface area (Å²) in [7, 11) is 1.32. The molecular weight excluding hydrogens is 316 g/mol. The number of esters is 2. The van der Waals surface area contributed by atoms with Gasteiger partial charge < -0.3 is 14.2 Å². The van der Waals surface area contributed by atoms with Gasteiger partial charge in [0.15, 0.2) is 6.61 Å². The second kappa shape index (κ2) is 7.78. The molecule has 5 nitrogen and oxygen atoms in total. The lowest BCUT2D eigenvalue weighted by Crippen LogP contribution is -2.15. The molecular formula is C13H15BrO5. The number of halogens is 1. The molecule has 1 rings (SSSR count). The first-order valence-electron chi connectivity index (χ1n) is 5.68. The van der Waals surface area contributed by atoms with Gasteiger partial charge in [0, 0.05) is 5.33 Å². The van der Waals surface area contributed by atoms with E-state index in [1.54, 1.807) is 25.1 Å². The summed E-state index contributed by atoms with van der Waals surface area (Å²) in [5, 5.41) is 0.480. The summed E-state index contributed by atoms with van der Waals surface area (Å²) < 4.78 is 14.7. The van der Waals surface area contributed by atoms with Gasteiger partial charge >= 0.3 is 11.9 Å². The Hall–Kier alpha value is -1.56. The first-order chi connectivity index (χ1) is 9.12. The molecule has 0 aliphatic carbocycles. The molecule has 0 aliphatic heterocycles. The lowest BCUT2D eigenvalue weighted by Gasteiger charge is -2.09. The Morgan fingerprint density at radius 2 is 2.05 bits per heavy atom. The van der Waals surface area contributed by atoms with Gasteiger partial charge in [-0.2, -0.15) is 0 Å². The van der Waals surface area contributed by atoms with Gasteiger partial charge in [-0.15, -0.1) is 0 Å². The average Bonchev–Trinajstić information content (AvgIpc) is 2.44. The molecule has 0 atom stereocenters. The number of methoxy groups -OCH3 is 1. The summed E-state index contributed by atoms with van der Waals surface area (Å²) in [6, 6.07) is 4.89. The Morgan fingerprint density at radius 1 is 1.32 bits per heavy atom. The summed E-state index contributed by atoms with van der Waals surface area (Å²) in [4.78, 5) is 22.7. The third-order valence-electron chi connectivity index (χ3n) is 2.29. The number of benzene rings is 1. The summed E-state index contributed by atoms with van der Waals surface area (Å²) in [6.07, 6.45) is 0. The molecule has 1 aromatic rings. The van der Waals surface area contributed by atoms with Crippen molar-refractivity contribution in [2.45, 2.75) is 12.3 Å². The fraction of sp³-hybridized carbons (Fsp3) is 0.385. The molecule has 0 saturated carbocycles. The van der Waals surface area contributed by atoms with Crippen LogP contribution in [0.4, 0.5) is 0 Å². The van der Waals surface area contributed by atoms with Crippen LogP contribution >= 0.6 is 15.9 Å². The van der Waals surface area contributed by atoms with E-state index in [2.05, 4.69) is 20.7 Å². The van der Waals surface area contributed by atoms with Gasteiger partial charge in [-0.3, -0.25) is 0 Å². The maximum Gasteiger partial charge on any atom is 0.344 e. The predicted octanol–water partition coefficient (Wildman–Crippen LogP) is 2.31. The lowest BCUT2D eigenvalue weighted by atomic mass is 10.1. The van der Waals surface area contributed by atoms with Gasteiger partial charge in [-0.05, 0) is 30.7 Å². The minimum atomic E-state index is -0.431. The Balaban J connectivity index is 2.77. The molecule has 19 heavy (non-hydrogen) atoms. The molecule has 0 amide bonds. The van der Waals surface area contributed by atoms with E-state index in [1.807, 2.05) is 0 Å². The third kappa shape index (κ3) is 4.55. The summed E-state index contributed by atoms with van der Waals surface area (Å²) in [5.41, 5.74) is 1.19. The Kier molecular flexibility index (Phi) is 6.35. The van der Waals surface area contributed by atoms with E-state index in [0.29, 0.717) is 23.2 Å². The van der Waals surface area contributed by atoms with Crippen molar-refractivity contribution in [3.63, 3.8) is 0 Å². The largest absolute Gasteiger partial charge is 0.482 e. The normalized spacial score (nSPS) is 9.84. The monoisotopic (exact) mass is 330 g/mol. The molecule has 0 saturated heterocycles. The van der Waals surface area contributed by atoms with E-state index in [9.17, 15) is 9.59 Å². The number of carbonyl (C=O) groups is 2. The predicted molar refractivity (Wildman–Crippen MR) is 72.5 cm³/mol. The summed E-state index contributed by atoms with van der Waals surface area (Å²) >= 11 is 3.29. The first-order valence-corrected chi connectivity index (χ1v) is 6.80. The van der Waals surface area contributed by atoms with Crippen LogP contribution in [0.5, 0.6) is 5.75 Å². The number of hydrogen-bond donors (Lipinski definition) is 0. The fourth-order valence-electron chi connectivity index (χ4n) is 1.42. The van der Waals surface area contributed by atoms with E-state index in [1.165, 1.54) is 7.11 Å². The number of alkyl halides is 1. The molecule has 0 fully saturated rings. The zero-order valence-corrected chi connectivity index (χ0v) is 12.4. The number of rotatable bonds is 6. The highest BCUT2D eigenvalue weighted by molar-refractivity contribution is 9.08. The molecule has 0 spiro atoms. The van der Waals surface area contributed by atoms with Crippen molar-refractivity contribution in [2.75, 3.05) is 20.3 Å². The highest BCUT2D eigenvalue weighted by Gasteiger charge is 2.12. The molecule has 0 unspecified atom stereocenters. The van der Waals surface area contributed by atoms with Crippen LogP contribution in [-0.2, 0) is 19.6 Å². The molecule has 0 aliphatic rings. The van der Waals surface area contributed by atoms with Crippen LogP contribution in [0.2, 0.25) is 0 Å². The summed E-state index contributed by atoms with van der Waals surface area (Å²) in [6.45, 7) is 1.88. The first kappa shape index (κ1) is 15.5. The highest BCUT2D eigenvalue weighted by Crippen LogP contribution is 2.21. The van der Waals surface area contributed by atoms with Crippen LogP contribution in [-0.4, -0.2) is 32.3 Å². The van der Waals surface area contributed by atoms with E-state index >= 15 is 0 Å². The van der Waals surface area contributed by atoms with Gasteiger partial charge in [0.2, 0.25) is 0 Å². The SMILES string of the molecule is CCOC(=O)COc1ccc(C(=O)OC)c(CBr)c1. The van der Waals surface area contributed by atoms with E-state index in [0.717, 1.165) is 5.56 Å². The topological polar surface area (TPSA) is 61.8 Å². The lowest BCUT2D eigenvalue weighted by molar-refractivity contribution is -0.145. The van der Waals surface area contributed by atoms with Crippen LogP contribution in [0.15, 0.2) is 18.2 Å². The summed E-state index contributed by atoms with van der Waals surface area (Å²) in [5.74, 6) is -0.346. The van der Waals surface area contributed by atoms with Gasteiger partial charge in [0.1, 0.15) is 5.75 Å². The zero-order valence-electron chi connectivity index (χ0n) is 10.8. The van der Waals surface area contributed by atoms with E-state index in [4.69, 9.17) is 9.47 Å². The number of ether oxygens (including phenoxy) is 3. The van der Waals surface area contributed by atoms with Crippen molar-refractivity contribution < 1.29 is 23.8 Å². The Morgan fingerprint density at radius 3 is 2.63 bits per heavy atom. The van der Waals surface area contributed by atoms with Gasteiger partial charge in [-0.1, -0.05) is 15.9 Å². The Labute approximate surface area is 120 Å². The van der Waals surface area contributed by atoms with Crippen LogP contribution in [0.3, 0.4) is 0 Å². The number of hydrogen-bond acceptors (Lipinski definition) is 5. The van der Waals surface area contributed by atoms with Crippen LogP contribution in [0.1, 0.15) is 22.8 Å². The molecule has 0 N–H and O–H groups in total. The fourth-order valence-corrected chi connectivity index (χ4v) is 1.89. The quantitative estimate of drug-likeness (QED) is 0.591. The standard InChI is InChI=1S/C13H15BrO5/c1-3-18-12(15)8-19-10-4-5-11(13(16)17-2)9(6-10)7-14/h4-6H,3,7-8H2,1-2H3. The number of carbonyl (C=O) groups excluding carboxylic acids is 2. The highest BCUT2D eigenvalue weighted by atomic mass is 79.9. The van der Waals surface area contributed by atoms with Crippen molar-refractivity contribution in [3.05, 3.63) is 29.3 Å². The molecule has 1 aromatic carbocycles. The maximum atomic E-state index is 11.5. The van der Waals surface area contributed by atoms with Crippen molar-refractivity contribution >= 4 is 27.9 Å². The van der Waals surface area contributed by atoms with Crippen LogP contribution in [0, 0.1) is 0 Å². The van der Waals surface area contributed by atoms with Gasteiger partial charge in [-0.25, -0.2) is 9.59 Å². The van der Waals surface area contributed by atoms with Gasteiger partial charge in [0.25, 0.3) is 0 Å².